The van der Waals surface area contributed by atoms with Crippen LogP contribution in [0.5, 0.6) is 5.75 Å². The van der Waals surface area contributed by atoms with Gasteiger partial charge in [0.25, 0.3) is 0 Å². The monoisotopic (exact) mass is 486 g/mol. The highest BCUT2D eigenvalue weighted by Gasteiger charge is 2.44. The quantitative estimate of drug-likeness (QED) is 0.425. The summed E-state index contributed by atoms with van der Waals surface area (Å²) < 4.78 is 28.8. The Kier molecular flexibility index (Phi) is 6.57. The van der Waals surface area contributed by atoms with E-state index in [4.69, 9.17) is 21.7 Å². The molecule has 172 valence electrons. The molecule has 10 heteroatoms. The van der Waals surface area contributed by atoms with Gasteiger partial charge in [0.05, 0.1) is 30.9 Å². The van der Waals surface area contributed by atoms with E-state index < -0.39 is 11.4 Å². The first kappa shape index (κ1) is 23.1. The maximum absolute atomic E-state index is 14.5. The van der Waals surface area contributed by atoms with Crippen LogP contribution in [0.2, 0.25) is 0 Å². The summed E-state index contributed by atoms with van der Waals surface area (Å²) >= 11 is 7.01. The molecular weight excluding hydrogens is 463 g/mol. The zero-order valence-electron chi connectivity index (χ0n) is 18.4. The van der Waals surface area contributed by atoms with E-state index in [1.807, 2.05) is 11.0 Å². The van der Waals surface area contributed by atoms with Gasteiger partial charge in [0.15, 0.2) is 5.11 Å². The molecule has 2 aromatic carbocycles. The van der Waals surface area contributed by atoms with Crippen LogP contribution in [0.3, 0.4) is 0 Å². The summed E-state index contributed by atoms with van der Waals surface area (Å²) in [5.41, 5.74) is 1.72. The molecule has 1 aliphatic heterocycles. The molecule has 3 aromatic rings. The van der Waals surface area contributed by atoms with Gasteiger partial charge >= 0.3 is 5.97 Å². The summed E-state index contributed by atoms with van der Waals surface area (Å²) in [6.07, 6.45) is 2.21. The van der Waals surface area contributed by atoms with E-state index in [0.29, 0.717) is 47.2 Å². The highest BCUT2D eigenvalue weighted by Crippen LogP contribution is 2.42. The van der Waals surface area contributed by atoms with Gasteiger partial charge in [-0.2, -0.15) is 4.37 Å². The van der Waals surface area contributed by atoms with Crippen LogP contribution in [0.15, 0.2) is 42.7 Å². The number of nitrogens with one attached hydrogen (secondary N) is 1. The molecule has 0 aliphatic carbocycles. The minimum absolute atomic E-state index is 0.255. The Morgan fingerprint density at radius 1 is 1.27 bits per heavy atom. The van der Waals surface area contributed by atoms with Crippen LogP contribution < -0.4 is 10.1 Å². The maximum atomic E-state index is 14.5. The first-order chi connectivity index (χ1) is 15.9. The fourth-order valence-electron chi connectivity index (χ4n) is 4.03. The van der Waals surface area contributed by atoms with Gasteiger partial charge in [0.1, 0.15) is 22.9 Å². The second kappa shape index (κ2) is 9.40. The zero-order valence-corrected chi connectivity index (χ0v) is 20.1. The molecule has 1 atom stereocenters. The average Bonchev–Trinajstić information content (AvgIpc) is 3.51. The van der Waals surface area contributed by atoms with E-state index >= 15 is 0 Å². The lowest BCUT2D eigenvalue weighted by Gasteiger charge is -2.29. The maximum Gasteiger partial charge on any atom is 0.339 e. The number of anilines is 1. The van der Waals surface area contributed by atoms with Gasteiger partial charge in [-0.25, -0.2) is 14.2 Å². The van der Waals surface area contributed by atoms with Crippen molar-refractivity contribution in [1.29, 1.82) is 0 Å². The highest BCUT2D eigenvalue weighted by atomic mass is 32.1. The normalized spacial score (nSPS) is 17.6. The Morgan fingerprint density at radius 2 is 2.09 bits per heavy atom. The van der Waals surface area contributed by atoms with Crippen LogP contribution in [-0.4, -0.2) is 52.6 Å². The smallest absolute Gasteiger partial charge is 0.339 e. The molecule has 0 bridgehead atoms. The zero-order chi connectivity index (χ0) is 23.6. The minimum atomic E-state index is -0.541. The van der Waals surface area contributed by atoms with E-state index in [1.54, 1.807) is 44.4 Å². The number of esters is 1. The summed E-state index contributed by atoms with van der Waals surface area (Å²) in [7, 11) is 2.87. The Labute approximate surface area is 200 Å². The van der Waals surface area contributed by atoms with E-state index in [1.165, 1.54) is 25.0 Å². The van der Waals surface area contributed by atoms with Crippen molar-refractivity contribution in [3.8, 4) is 5.75 Å². The molecule has 1 aromatic heterocycles. The van der Waals surface area contributed by atoms with Crippen molar-refractivity contribution in [2.24, 2.45) is 0 Å². The van der Waals surface area contributed by atoms with Gasteiger partial charge in [-0.3, -0.25) is 0 Å². The van der Waals surface area contributed by atoms with Gasteiger partial charge < -0.3 is 19.7 Å². The van der Waals surface area contributed by atoms with Gasteiger partial charge in [0, 0.05) is 19.2 Å². The average molecular weight is 487 g/mol. The molecule has 7 nitrogen and oxygen atoms in total. The molecule has 0 spiro atoms. The van der Waals surface area contributed by atoms with Crippen LogP contribution in [-0.2, 0) is 10.2 Å². The summed E-state index contributed by atoms with van der Waals surface area (Å²) in [5, 5.41) is 4.42. The van der Waals surface area contributed by atoms with Crippen LogP contribution in [0.1, 0.15) is 32.9 Å². The van der Waals surface area contributed by atoms with Crippen LogP contribution in [0.25, 0.3) is 0 Å². The largest absolute Gasteiger partial charge is 0.497 e. The molecule has 0 radical (unpaired) electrons. The van der Waals surface area contributed by atoms with E-state index in [2.05, 4.69) is 14.7 Å². The standard InChI is InChI=1S/C23H23FN4O3S2/c1-14-4-5-15(10-18(14)24)23(21-25-13-26-33-21)8-9-28(12-23)22(32)27-19-11-16(30-2)6-7-17(19)20(29)31-3/h4-7,10-11,13H,8-9,12H2,1-3H3,(H,27,32)/t23-/m0/s1. The van der Waals surface area contributed by atoms with Crippen molar-refractivity contribution in [3.05, 3.63) is 70.2 Å². The molecule has 33 heavy (non-hydrogen) atoms. The number of halogens is 1. The lowest BCUT2D eigenvalue weighted by Crippen LogP contribution is -2.37. The summed E-state index contributed by atoms with van der Waals surface area (Å²) in [6, 6.07) is 10.3. The Balaban J connectivity index is 1.64. The number of ether oxygens (including phenoxy) is 2. The number of likely N-dealkylation sites (tertiary alicyclic amines) is 1. The van der Waals surface area contributed by atoms with Crippen molar-refractivity contribution >= 4 is 40.5 Å². The van der Waals surface area contributed by atoms with Crippen molar-refractivity contribution in [3.63, 3.8) is 0 Å². The number of nitrogens with zero attached hydrogens (tertiary/aromatic N) is 3. The van der Waals surface area contributed by atoms with Crippen molar-refractivity contribution < 1.29 is 18.7 Å². The topological polar surface area (TPSA) is 76.6 Å². The van der Waals surface area contributed by atoms with E-state index in [9.17, 15) is 9.18 Å². The highest BCUT2D eigenvalue weighted by molar-refractivity contribution is 7.80. The van der Waals surface area contributed by atoms with Crippen molar-refractivity contribution in [2.75, 3.05) is 32.6 Å². The molecule has 1 fully saturated rings. The Bertz CT molecular complexity index is 1190. The van der Waals surface area contributed by atoms with Crippen molar-refractivity contribution in [2.45, 2.75) is 18.8 Å². The van der Waals surface area contributed by atoms with Crippen LogP contribution in [0.4, 0.5) is 10.1 Å². The van der Waals surface area contributed by atoms with E-state index in [-0.39, 0.29) is 5.82 Å². The summed E-state index contributed by atoms with van der Waals surface area (Å²) in [5.74, 6) is -0.162. The predicted molar refractivity (Wildman–Crippen MR) is 129 cm³/mol. The summed E-state index contributed by atoms with van der Waals surface area (Å²) in [6.45, 7) is 2.86. The molecular formula is C23H23FN4O3S2. The number of carbonyl (C=O) groups excluding carboxylic acids is 1. The molecule has 1 aliphatic rings. The van der Waals surface area contributed by atoms with Gasteiger partial charge in [-0.15, -0.1) is 0 Å². The van der Waals surface area contributed by atoms with Gasteiger partial charge in [-0.1, -0.05) is 12.1 Å². The third kappa shape index (κ3) is 4.40. The second-order valence-electron chi connectivity index (χ2n) is 7.80. The Morgan fingerprint density at radius 3 is 2.76 bits per heavy atom. The summed E-state index contributed by atoms with van der Waals surface area (Å²) in [4.78, 5) is 18.7. The molecule has 1 N–H and O–H groups in total. The molecule has 0 amide bonds. The number of benzene rings is 2. The van der Waals surface area contributed by atoms with E-state index in [0.717, 1.165) is 10.6 Å². The van der Waals surface area contributed by atoms with Gasteiger partial charge in [-0.05, 0) is 66.4 Å². The third-order valence-corrected chi connectivity index (χ3v) is 7.15. The second-order valence-corrected chi connectivity index (χ2v) is 8.96. The number of hydrogen-bond acceptors (Lipinski definition) is 7. The van der Waals surface area contributed by atoms with Crippen molar-refractivity contribution in [1.82, 2.24) is 14.3 Å². The van der Waals surface area contributed by atoms with Crippen LogP contribution >= 0.6 is 23.8 Å². The lowest BCUT2D eigenvalue weighted by molar-refractivity contribution is 0.0602. The molecule has 4 rings (SSSR count). The number of aryl methyl sites for hydroxylation is 1. The number of aromatic nitrogens is 2. The number of methoxy groups -OCH3 is 2. The lowest BCUT2D eigenvalue weighted by atomic mass is 9.80. The fourth-order valence-corrected chi connectivity index (χ4v) is 5.04. The molecule has 1 saturated heterocycles. The first-order valence-electron chi connectivity index (χ1n) is 10.2. The number of rotatable bonds is 5. The molecule has 0 unspecified atom stereocenters. The Hall–Kier alpha value is -3.11. The predicted octanol–water partition coefficient (Wildman–Crippen LogP) is 4.17. The minimum Gasteiger partial charge on any atom is -0.497 e. The number of hydrogen-bond donors (Lipinski definition) is 1. The number of carbonyl (C=O) groups is 1. The first-order valence-corrected chi connectivity index (χ1v) is 11.4. The third-order valence-electron chi connectivity index (χ3n) is 5.93. The SMILES string of the molecule is COC(=O)c1ccc(OC)cc1NC(=S)N1CC[C@](c2ccc(C)c(F)c2)(c2ncns2)C1. The fraction of sp³-hybridized carbons (Fsp3) is 0.304. The molecule has 0 saturated carbocycles. The number of thiocarbonyl (C=S) groups is 1. The molecule has 2 heterocycles. The van der Waals surface area contributed by atoms with Gasteiger partial charge in [0.2, 0.25) is 0 Å². The van der Waals surface area contributed by atoms with Crippen LogP contribution in [0, 0.1) is 12.7 Å².